The van der Waals surface area contributed by atoms with Gasteiger partial charge < -0.3 is 5.32 Å². The van der Waals surface area contributed by atoms with Crippen LogP contribution in [-0.2, 0) is 15.6 Å². The van der Waals surface area contributed by atoms with Crippen LogP contribution >= 0.6 is 0 Å². The van der Waals surface area contributed by atoms with Crippen molar-refractivity contribution in [3.05, 3.63) is 0 Å². The summed E-state index contributed by atoms with van der Waals surface area (Å²) in [4.78, 5) is 12.5. The van der Waals surface area contributed by atoms with Crippen LogP contribution in [0.3, 0.4) is 0 Å². The van der Waals surface area contributed by atoms with Gasteiger partial charge in [0.25, 0.3) is 0 Å². The number of hydrogen-bond donors (Lipinski definition) is 1. The molecule has 1 unspecified atom stereocenters. The highest BCUT2D eigenvalue weighted by Gasteiger charge is 2.66. The first-order valence-electron chi connectivity index (χ1n) is 8.55. The molecule has 1 N–H and O–H groups in total. The van der Waals surface area contributed by atoms with Gasteiger partial charge in [-0.3, -0.25) is 9.00 Å². The number of carbonyl (C=O) groups excluding carboxylic acids is 1. The molecule has 3 fully saturated rings. The molecule has 1 amide bonds. The molecule has 3 aliphatic rings. The lowest BCUT2D eigenvalue weighted by Gasteiger charge is -2.46. The predicted molar refractivity (Wildman–Crippen MR) is 93.2 cm³/mol. The summed E-state index contributed by atoms with van der Waals surface area (Å²) in [6, 6.07) is 0. The summed E-state index contributed by atoms with van der Waals surface area (Å²) in [5, 5.41) is 3.13. The van der Waals surface area contributed by atoms with Crippen molar-refractivity contribution in [2.75, 3.05) is 12.3 Å². The topological polar surface area (TPSA) is 46.2 Å². The average Bonchev–Trinajstić information content (AvgIpc) is 2.80. The van der Waals surface area contributed by atoms with Gasteiger partial charge in [0, 0.05) is 27.8 Å². The number of rotatable bonds is 5. The highest BCUT2D eigenvalue weighted by Crippen LogP contribution is 2.64. The largest absolute Gasteiger partial charge is 0.356 e. The van der Waals surface area contributed by atoms with E-state index in [1.165, 1.54) is 0 Å². The molecule has 22 heavy (non-hydrogen) atoms. The molecule has 3 nitrogen and oxygen atoms in total. The summed E-state index contributed by atoms with van der Waals surface area (Å²) in [6.07, 6.45) is 4.55. The zero-order valence-corrected chi connectivity index (χ0v) is 16.0. The summed E-state index contributed by atoms with van der Waals surface area (Å²) >= 11 is 0. The fraction of sp³-hybridized carbons (Fsp3) is 0.944. The minimum atomic E-state index is -0.807. The van der Waals surface area contributed by atoms with Crippen molar-refractivity contribution in [1.82, 2.24) is 5.32 Å². The number of carbonyl (C=O) groups is 1. The Morgan fingerprint density at radius 3 is 2.14 bits per heavy atom. The molecule has 0 heterocycles. The highest BCUT2D eigenvalue weighted by atomic mass is 32.2. The molecule has 0 aromatic carbocycles. The third-order valence-corrected chi connectivity index (χ3v) is 7.66. The fourth-order valence-electron chi connectivity index (χ4n) is 3.84. The Balaban J connectivity index is 1.87. The Labute approximate surface area is 138 Å². The van der Waals surface area contributed by atoms with E-state index >= 15 is 0 Å². The summed E-state index contributed by atoms with van der Waals surface area (Å²) in [6.45, 7) is 13.7. The van der Waals surface area contributed by atoms with Gasteiger partial charge in [0.15, 0.2) is 0 Å². The number of amides is 1. The summed E-state index contributed by atoms with van der Waals surface area (Å²) in [5.74, 6) is 0.951. The molecular weight excluding hydrogens is 294 g/mol. The van der Waals surface area contributed by atoms with Crippen LogP contribution in [0.5, 0.6) is 0 Å². The van der Waals surface area contributed by atoms with Crippen molar-refractivity contribution < 1.29 is 9.00 Å². The first kappa shape index (κ1) is 18.0. The minimum Gasteiger partial charge on any atom is -0.356 e. The van der Waals surface area contributed by atoms with E-state index in [-0.39, 0.29) is 26.9 Å². The van der Waals surface area contributed by atoms with E-state index in [1.807, 2.05) is 0 Å². The van der Waals surface area contributed by atoms with Crippen LogP contribution < -0.4 is 5.32 Å². The van der Waals surface area contributed by atoms with Gasteiger partial charge in [-0.2, -0.15) is 0 Å². The summed E-state index contributed by atoms with van der Waals surface area (Å²) in [7, 11) is -0.807. The highest BCUT2D eigenvalue weighted by molar-refractivity contribution is 7.86. The molecule has 0 spiro atoms. The summed E-state index contributed by atoms with van der Waals surface area (Å²) < 4.78 is 12.6. The first-order valence-corrected chi connectivity index (χ1v) is 9.86. The van der Waals surface area contributed by atoms with E-state index in [1.54, 1.807) is 0 Å². The molecule has 0 aromatic rings. The van der Waals surface area contributed by atoms with Crippen molar-refractivity contribution in [3.8, 4) is 0 Å². The SMILES string of the molecule is CC(C)(C)CCNC(=O)C12CCC(S(=O)CC(C)(C)C)(C1)C2. The molecule has 2 bridgehead atoms. The van der Waals surface area contributed by atoms with Crippen molar-refractivity contribution in [3.63, 3.8) is 0 Å². The van der Waals surface area contributed by atoms with Crippen LogP contribution in [0.25, 0.3) is 0 Å². The molecule has 0 aromatic heterocycles. The first-order chi connectivity index (χ1) is 9.88. The van der Waals surface area contributed by atoms with Crippen LogP contribution in [0.4, 0.5) is 0 Å². The van der Waals surface area contributed by atoms with Gasteiger partial charge in [-0.15, -0.1) is 0 Å². The lowest BCUT2D eigenvalue weighted by Crippen LogP contribution is -2.54. The van der Waals surface area contributed by atoms with Gasteiger partial charge in [-0.05, 0) is 42.9 Å². The van der Waals surface area contributed by atoms with Crippen LogP contribution in [-0.4, -0.2) is 27.2 Å². The van der Waals surface area contributed by atoms with E-state index in [0.717, 1.165) is 44.4 Å². The van der Waals surface area contributed by atoms with Crippen LogP contribution in [0.2, 0.25) is 0 Å². The maximum absolute atomic E-state index is 12.7. The normalized spacial score (nSPS) is 32.5. The second kappa shape index (κ2) is 5.61. The second-order valence-corrected chi connectivity index (χ2v) is 11.8. The maximum atomic E-state index is 12.7. The van der Waals surface area contributed by atoms with Gasteiger partial charge in [-0.25, -0.2) is 0 Å². The number of nitrogens with one attached hydrogen (secondary N) is 1. The van der Waals surface area contributed by atoms with Crippen LogP contribution in [0.1, 0.15) is 73.6 Å². The second-order valence-electron chi connectivity index (χ2n) is 9.93. The van der Waals surface area contributed by atoms with Crippen molar-refractivity contribution in [2.24, 2.45) is 16.2 Å². The van der Waals surface area contributed by atoms with Crippen molar-refractivity contribution in [2.45, 2.75) is 78.4 Å². The van der Waals surface area contributed by atoms with Gasteiger partial charge in [0.2, 0.25) is 5.91 Å². The van der Waals surface area contributed by atoms with E-state index in [2.05, 4.69) is 46.9 Å². The zero-order valence-electron chi connectivity index (χ0n) is 15.2. The Morgan fingerprint density at radius 1 is 1.05 bits per heavy atom. The van der Waals surface area contributed by atoms with Gasteiger partial charge in [0.05, 0.1) is 5.41 Å². The van der Waals surface area contributed by atoms with Crippen molar-refractivity contribution in [1.29, 1.82) is 0 Å². The maximum Gasteiger partial charge on any atom is 0.226 e. The molecule has 128 valence electrons. The lowest BCUT2D eigenvalue weighted by atomic mass is 9.68. The lowest BCUT2D eigenvalue weighted by molar-refractivity contribution is -0.134. The Morgan fingerprint density at radius 2 is 1.64 bits per heavy atom. The quantitative estimate of drug-likeness (QED) is 0.838. The smallest absolute Gasteiger partial charge is 0.226 e. The molecule has 1 atom stereocenters. The van der Waals surface area contributed by atoms with Gasteiger partial charge in [-0.1, -0.05) is 41.5 Å². The Kier molecular flexibility index (Phi) is 4.58. The Bertz CT molecular complexity index is 464. The number of hydrogen-bond acceptors (Lipinski definition) is 2. The number of fused-ring (bicyclic) bond motifs is 1. The fourth-order valence-corrected chi connectivity index (χ4v) is 6.13. The molecule has 0 saturated heterocycles. The molecule has 3 aliphatic carbocycles. The summed E-state index contributed by atoms with van der Waals surface area (Å²) in [5.41, 5.74) is 0.138. The molecular formula is C18H33NO2S. The average molecular weight is 328 g/mol. The van der Waals surface area contributed by atoms with Crippen molar-refractivity contribution >= 4 is 16.7 Å². The van der Waals surface area contributed by atoms with E-state index in [9.17, 15) is 9.00 Å². The van der Waals surface area contributed by atoms with Crippen LogP contribution in [0.15, 0.2) is 0 Å². The zero-order chi connectivity index (χ0) is 16.8. The molecule has 3 saturated carbocycles. The van der Waals surface area contributed by atoms with E-state index in [4.69, 9.17) is 0 Å². The molecule has 3 rings (SSSR count). The third-order valence-electron chi connectivity index (χ3n) is 5.07. The van der Waals surface area contributed by atoms with Gasteiger partial charge in [0.1, 0.15) is 0 Å². The van der Waals surface area contributed by atoms with E-state index in [0.29, 0.717) is 0 Å². The van der Waals surface area contributed by atoms with E-state index < -0.39 is 10.8 Å². The molecule has 0 radical (unpaired) electrons. The standard InChI is InChI=1S/C18H33NO2S/c1-15(2,3)9-10-19-14(20)17-7-8-18(11-17,12-17)22(21)13-16(4,5)6/h7-13H2,1-6H3,(H,19,20). The van der Waals surface area contributed by atoms with Gasteiger partial charge >= 0.3 is 0 Å². The predicted octanol–water partition coefficient (Wildman–Crippen LogP) is 3.65. The minimum absolute atomic E-state index is 0.0609. The molecule has 4 heteroatoms. The molecule has 0 aliphatic heterocycles. The van der Waals surface area contributed by atoms with Crippen LogP contribution in [0, 0.1) is 16.2 Å². The Hall–Kier alpha value is -0.380. The third kappa shape index (κ3) is 3.74. The monoisotopic (exact) mass is 327 g/mol.